The molecule has 74 valence electrons. The molecule has 0 aliphatic carbocycles. The Morgan fingerprint density at radius 3 is 2.42 bits per heavy atom. The fourth-order valence-electron chi connectivity index (χ4n) is 0.617. The molecule has 0 fully saturated rings. The molecule has 5 nitrogen and oxygen atoms in total. The fraction of sp³-hybridized carbons (Fsp3) is 1.00. The van der Waals surface area contributed by atoms with E-state index in [9.17, 15) is 4.57 Å². The molecule has 0 spiro atoms. The second-order valence-electron chi connectivity index (χ2n) is 2.35. The summed E-state index contributed by atoms with van der Waals surface area (Å²) in [6, 6.07) is 0. The summed E-state index contributed by atoms with van der Waals surface area (Å²) in [5.74, 6) is 0. The topological polar surface area (TPSA) is 76.0 Å². The van der Waals surface area contributed by atoms with Gasteiger partial charge in [0.05, 0.1) is 19.4 Å². The van der Waals surface area contributed by atoms with Crippen molar-refractivity contribution in [2.45, 2.75) is 6.42 Å². The number of hydrogen-bond acceptors (Lipinski definition) is 3. The van der Waals surface area contributed by atoms with Crippen LogP contribution in [0.25, 0.3) is 0 Å². The zero-order valence-corrected chi connectivity index (χ0v) is 8.00. The second kappa shape index (κ2) is 6.57. The highest BCUT2D eigenvalue weighted by Crippen LogP contribution is 2.34. The van der Waals surface area contributed by atoms with Gasteiger partial charge in [0.25, 0.3) is 0 Å². The molecule has 0 radical (unpaired) electrons. The first-order valence-corrected chi connectivity index (χ1v) is 5.47. The molecule has 6 heteroatoms. The van der Waals surface area contributed by atoms with E-state index in [2.05, 4.69) is 0 Å². The SMILES string of the molecule is COCCOCCCP(=O)(O)O. The van der Waals surface area contributed by atoms with Gasteiger partial charge in [-0.3, -0.25) is 4.57 Å². The average molecular weight is 198 g/mol. The van der Waals surface area contributed by atoms with Gasteiger partial charge in [-0.1, -0.05) is 0 Å². The van der Waals surface area contributed by atoms with Gasteiger partial charge in [-0.05, 0) is 6.42 Å². The fourth-order valence-corrected chi connectivity index (χ4v) is 1.16. The molecule has 0 atom stereocenters. The molecule has 0 aliphatic rings. The summed E-state index contributed by atoms with van der Waals surface area (Å²) in [5.41, 5.74) is 0. The molecule has 0 aromatic rings. The van der Waals surface area contributed by atoms with Crippen molar-refractivity contribution in [2.75, 3.05) is 33.1 Å². The quantitative estimate of drug-likeness (QED) is 0.452. The third-order valence-electron chi connectivity index (χ3n) is 1.17. The van der Waals surface area contributed by atoms with E-state index in [1.165, 1.54) is 0 Å². The number of ether oxygens (including phenoxy) is 2. The zero-order chi connectivity index (χ0) is 9.45. The van der Waals surface area contributed by atoms with Crippen molar-refractivity contribution in [3.05, 3.63) is 0 Å². The lowest BCUT2D eigenvalue weighted by atomic mass is 10.5. The molecule has 0 saturated carbocycles. The maximum Gasteiger partial charge on any atom is 0.325 e. The van der Waals surface area contributed by atoms with Crippen molar-refractivity contribution in [2.24, 2.45) is 0 Å². The molecule has 0 amide bonds. The van der Waals surface area contributed by atoms with Crippen molar-refractivity contribution >= 4 is 7.60 Å². The molecule has 0 saturated heterocycles. The maximum absolute atomic E-state index is 10.3. The predicted molar refractivity (Wildman–Crippen MR) is 44.2 cm³/mol. The average Bonchev–Trinajstić information content (AvgIpc) is 1.94. The molecule has 0 aromatic carbocycles. The second-order valence-corrected chi connectivity index (χ2v) is 4.12. The van der Waals surface area contributed by atoms with E-state index >= 15 is 0 Å². The summed E-state index contributed by atoms with van der Waals surface area (Å²) in [7, 11) is -2.26. The summed E-state index contributed by atoms with van der Waals surface area (Å²) in [4.78, 5) is 16.9. The lowest BCUT2D eigenvalue weighted by molar-refractivity contribution is 0.0708. The van der Waals surface area contributed by atoms with Gasteiger partial charge >= 0.3 is 7.60 Å². The summed E-state index contributed by atoms with van der Waals surface area (Å²) in [6.45, 7) is 1.35. The van der Waals surface area contributed by atoms with Crippen molar-refractivity contribution < 1.29 is 23.8 Å². The van der Waals surface area contributed by atoms with E-state index in [4.69, 9.17) is 19.3 Å². The summed E-state index contributed by atoms with van der Waals surface area (Å²) in [5, 5.41) is 0. The molecule has 0 bridgehead atoms. The Labute approximate surface area is 71.8 Å². The van der Waals surface area contributed by atoms with Crippen LogP contribution in [0.5, 0.6) is 0 Å². The van der Waals surface area contributed by atoms with Crippen molar-refractivity contribution in [1.82, 2.24) is 0 Å². The minimum Gasteiger partial charge on any atom is -0.382 e. The molecular formula is C6H15O5P. The number of rotatable bonds is 7. The monoisotopic (exact) mass is 198 g/mol. The molecule has 0 aliphatic heterocycles. The van der Waals surface area contributed by atoms with Gasteiger partial charge in [0.2, 0.25) is 0 Å². The van der Waals surface area contributed by atoms with E-state index in [0.717, 1.165) is 0 Å². The smallest absolute Gasteiger partial charge is 0.325 e. The van der Waals surface area contributed by atoms with Gasteiger partial charge in [0, 0.05) is 13.7 Å². The highest BCUT2D eigenvalue weighted by atomic mass is 31.2. The van der Waals surface area contributed by atoms with Crippen molar-refractivity contribution in [1.29, 1.82) is 0 Å². The van der Waals surface area contributed by atoms with Crippen LogP contribution in [0.2, 0.25) is 0 Å². The largest absolute Gasteiger partial charge is 0.382 e. The van der Waals surface area contributed by atoms with Gasteiger partial charge < -0.3 is 19.3 Å². The van der Waals surface area contributed by atoms with Gasteiger partial charge in [-0.2, -0.15) is 0 Å². The molecule has 0 aromatic heterocycles. The first-order valence-electron chi connectivity index (χ1n) is 3.67. The molecule has 0 unspecified atom stereocenters. The molecule has 2 N–H and O–H groups in total. The van der Waals surface area contributed by atoms with E-state index in [-0.39, 0.29) is 6.16 Å². The van der Waals surface area contributed by atoms with Gasteiger partial charge in [0.15, 0.2) is 0 Å². The molecule has 12 heavy (non-hydrogen) atoms. The van der Waals surface area contributed by atoms with E-state index < -0.39 is 7.60 Å². The van der Waals surface area contributed by atoms with Gasteiger partial charge in [-0.15, -0.1) is 0 Å². The van der Waals surface area contributed by atoms with Crippen LogP contribution in [0.1, 0.15) is 6.42 Å². The summed E-state index contributed by atoms with van der Waals surface area (Å²) in [6.07, 6.45) is 0.272. The Balaban J connectivity index is 3.06. The highest BCUT2D eigenvalue weighted by molar-refractivity contribution is 7.51. The van der Waals surface area contributed by atoms with Crippen molar-refractivity contribution in [3.63, 3.8) is 0 Å². The van der Waals surface area contributed by atoms with Crippen molar-refractivity contribution in [3.8, 4) is 0 Å². The lowest BCUT2D eigenvalue weighted by Gasteiger charge is -2.04. The minimum absolute atomic E-state index is 0.111. The Hall–Kier alpha value is 0.0700. The summed E-state index contributed by atoms with van der Waals surface area (Å²) >= 11 is 0. The minimum atomic E-state index is -3.83. The molecule has 0 rings (SSSR count). The Bertz CT molecular complexity index is 143. The number of methoxy groups -OCH3 is 1. The van der Waals surface area contributed by atoms with Gasteiger partial charge in [0.1, 0.15) is 0 Å². The third-order valence-corrected chi connectivity index (χ3v) is 2.07. The first kappa shape index (κ1) is 12.1. The summed E-state index contributed by atoms with van der Waals surface area (Å²) < 4.78 is 20.0. The van der Waals surface area contributed by atoms with Crippen LogP contribution in [0, 0.1) is 0 Å². The lowest BCUT2D eigenvalue weighted by Crippen LogP contribution is -2.04. The molecule has 0 heterocycles. The van der Waals surface area contributed by atoms with E-state index in [0.29, 0.717) is 26.2 Å². The Morgan fingerprint density at radius 2 is 1.92 bits per heavy atom. The highest BCUT2D eigenvalue weighted by Gasteiger charge is 2.10. The third kappa shape index (κ3) is 10.1. The van der Waals surface area contributed by atoms with Crippen LogP contribution >= 0.6 is 7.60 Å². The molecular weight excluding hydrogens is 183 g/mol. The van der Waals surface area contributed by atoms with Crippen LogP contribution in [-0.2, 0) is 14.0 Å². The van der Waals surface area contributed by atoms with E-state index in [1.54, 1.807) is 7.11 Å². The maximum atomic E-state index is 10.3. The normalized spacial score (nSPS) is 11.9. The van der Waals surface area contributed by atoms with Crippen LogP contribution in [-0.4, -0.2) is 42.9 Å². The number of hydrogen-bond donors (Lipinski definition) is 2. The standard InChI is InChI=1S/C6H15O5P/c1-10-4-5-11-3-2-6-12(7,8)9/h2-6H2,1H3,(H2,7,8,9). The zero-order valence-electron chi connectivity index (χ0n) is 7.10. The Kier molecular flexibility index (Phi) is 6.61. The predicted octanol–water partition coefficient (Wildman–Crippen LogP) is 0.217. The van der Waals surface area contributed by atoms with Crippen LogP contribution in [0.3, 0.4) is 0 Å². The van der Waals surface area contributed by atoms with Crippen LogP contribution in [0.15, 0.2) is 0 Å². The van der Waals surface area contributed by atoms with Crippen LogP contribution in [0.4, 0.5) is 0 Å². The van der Waals surface area contributed by atoms with Gasteiger partial charge in [-0.25, -0.2) is 0 Å². The Morgan fingerprint density at radius 1 is 1.25 bits per heavy atom. The van der Waals surface area contributed by atoms with E-state index in [1.807, 2.05) is 0 Å². The van der Waals surface area contributed by atoms with Crippen LogP contribution < -0.4 is 0 Å². The first-order chi connectivity index (χ1) is 5.56.